The van der Waals surface area contributed by atoms with Crippen molar-refractivity contribution in [3.8, 4) is 0 Å². The molecular weight excluding hydrogens is 441 g/mol. The number of halogens is 1. The Morgan fingerprint density at radius 1 is 1.03 bits per heavy atom. The predicted octanol–water partition coefficient (Wildman–Crippen LogP) is 6.43. The quantitative estimate of drug-likeness (QED) is 0.541. The highest BCUT2D eigenvalue weighted by molar-refractivity contribution is 8.00. The molecule has 3 aliphatic heterocycles. The molecule has 1 N–H and O–H groups in total. The molecule has 176 valence electrons. The molecule has 0 bridgehead atoms. The molecule has 0 amide bonds. The lowest BCUT2D eigenvalue weighted by atomic mass is 9.81. The number of para-hydroxylation sites is 2. The third-order valence-corrected chi connectivity index (χ3v) is 10.3. The topological polar surface area (TPSA) is 18.5 Å². The molecule has 0 radical (unpaired) electrons. The molecule has 3 heterocycles. The first-order valence-corrected chi connectivity index (χ1v) is 13.7. The molecule has 0 saturated carbocycles. The molecular formula is C29H32FN3S. The van der Waals surface area contributed by atoms with E-state index in [-0.39, 0.29) is 18.0 Å². The number of rotatable bonds is 2. The summed E-state index contributed by atoms with van der Waals surface area (Å²) in [6, 6.07) is 15.3. The minimum Gasteiger partial charge on any atom is -0.352 e. The number of nitrogens with zero attached hydrogens (tertiary/aromatic N) is 2. The van der Waals surface area contributed by atoms with Crippen LogP contribution in [-0.2, 0) is 0 Å². The van der Waals surface area contributed by atoms with Crippen LogP contribution in [0.2, 0.25) is 0 Å². The summed E-state index contributed by atoms with van der Waals surface area (Å²) in [5, 5.41) is 4.15. The van der Waals surface area contributed by atoms with Gasteiger partial charge in [0.25, 0.3) is 0 Å². The Balaban J connectivity index is 1.33. The lowest BCUT2D eigenvalue weighted by Crippen LogP contribution is -2.56. The summed E-state index contributed by atoms with van der Waals surface area (Å²) in [5.41, 5.74) is 6.80. The second-order valence-corrected chi connectivity index (χ2v) is 11.8. The molecule has 2 aliphatic carbocycles. The van der Waals surface area contributed by atoms with Gasteiger partial charge in [-0.3, -0.25) is 0 Å². The van der Waals surface area contributed by atoms with E-state index < -0.39 is 0 Å². The normalized spacial score (nSPS) is 33.7. The molecule has 0 spiro atoms. The Hall–Kier alpha value is -2.24. The van der Waals surface area contributed by atoms with Gasteiger partial charge in [-0.05, 0) is 74.4 Å². The van der Waals surface area contributed by atoms with Crippen LogP contribution in [0.5, 0.6) is 0 Å². The highest BCUT2D eigenvalue weighted by atomic mass is 32.2. The van der Waals surface area contributed by atoms with Crippen molar-refractivity contribution in [2.75, 3.05) is 16.8 Å². The van der Waals surface area contributed by atoms with Gasteiger partial charge in [0, 0.05) is 40.8 Å². The Bertz CT molecular complexity index is 1210. The Labute approximate surface area is 206 Å². The number of anilines is 2. The van der Waals surface area contributed by atoms with Crippen molar-refractivity contribution in [3.05, 3.63) is 77.1 Å². The molecule has 1 fully saturated rings. The Morgan fingerprint density at radius 3 is 2.74 bits per heavy atom. The van der Waals surface area contributed by atoms with Gasteiger partial charge in [0.05, 0.1) is 17.4 Å². The maximum Gasteiger partial charge on any atom is 0.129 e. The van der Waals surface area contributed by atoms with Gasteiger partial charge in [0.2, 0.25) is 0 Å². The lowest BCUT2D eigenvalue weighted by Gasteiger charge is -2.45. The van der Waals surface area contributed by atoms with E-state index in [0.717, 1.165) is 16.9 Å². The zero-order chi connectivity index (χ0) is 23.0. The second-order valence-electron chi connectivity index (χ2n) is 10.6. The zero-order valence-corrected chi connectivity index (χ0v) is 20.7. The van der Waals surface area contributed by atoms with Crippen LogP contribution in [0.3, 0.4) is 0 Å². The number of fused-ring (bicyclic) bond motifs is 4. The SMILES string of the molecule is CC1NC2c3c(F)cccc3SC2C1C1N(C)c2ccccc2N1C1CC=CC2=C1CCCC2. The number of benzene rings is 2. The monoisotopic (exact) mass is 473 g/mol. The largest absolute Gasteiger partial charge is 0.352 e. The summed E-state index contributed by atoms with van der Waals surface area (Å²) < 4.78 is 14.9. The molecule has 6 unspecified atom stereocenters. The first-order chi connectivity index (χ1) is 16.6. The Morgan fingerprint density at radius 2 is 1.85 bits per heavy atom. The summed E-state index contributed by atoms with van der Waals surface area (Å²) in [4.78, 5) is 6.38. The van der Waals surface area contributed by atoms with Crippen molar-refractivity contribution >= 4 is 23.1 Å². The van der Waals surface area contributed by atoms with Crippen molar-refractivity contribution in [2.24, 2.45) is 5.92 Å². The van der Waals surface area contributed by atoms with Crippen molar-refractivity contribution in [1.82, 2.24) is 5.32 Å². The van der Waals surface area contributed by atoms with E-state index >= 15 is 0 Å². The number of allylic oxidation sites excluding steroid dienone is 2. The molecule has 0 aromatic heterocycles. The van der Waals surface area contributed by atoms with Crippen molar-refractivity contribution < 1.29 is 4.39 Å². The van der Waals surface area contributed by atoms with Crippen LogP contribution in [0, 0.1) is 11.7 Å². The number of thioether (sulfide) groups is 1. The fraction of sp³-hybridized carbons (Fsp3) is 0.448. The van der Waals surface area contributed by atoms with Gasteiger partial charge in [-0.1, -0.05) is 30.4 Å². The van der Waals surface area contributed by atoms with Gasteiger partial charge in [-0.15, -0.1) is 11.8 Å². The van der Waals surface area contributed by atoms with Crippen LogP contribution in [-0.4, -0.2) is 30.5 Å². The summed E-state index contributed by atoms with van der Waals surface area (Å²) in [7, 11) is 2.27. The number of hydrogen-bond acceptors (Lipinski definition) is 4. The average Bonchev–Trinajstić information content (AvgIpc) is 3.46. The minimum atomic E-state index is -0.0628. The second kappa shape index (κ2) is 7.89. The predicted molar refractivity (Wildman–Crippen MR) is 139 cm³/mol. The summed E-state index contributed by atoms with van der Waals surface area (Å²) in [5.74, 6) is 0.310. The van der Waals surface area contributed by atoms with Gasteiger partial charge in [0.1, 0.15) is 12.0 Å². The highest BCUT2D eigenvalue weighted by Gasteiger charge is 2.55. The molecule has 6 atom stereocenters. The molecule has 1 saturated heterocycles. The van der Waals surface area contributed by atoms with E-state index in [1.165, 1.54) is 37.1 Å². The van der Waals surface area contributed by atoms with E-state index in [0.29, 0.717) is 23.3 Å². The van der Waals surface area contributed by atoms with Gasteiger partial charge in [-0.25, -0.2) is 4.39 Å². The van der Waals surface area contributed by atoms with Crippen LogP contribution < -0.4 is 15.1 Å². The van der Waals surface area contributed by atoms with Crippen LogP contribution in [0.25, 0.3) is 0 Å². The van der Waals surface area contributed by atoms with Crippen molar-refractivity contribution in [3.63, 3.8) is 0 Å². The van der Waals surface area contributed by atoms with Crippen molar-refractivity contribution in [2.45, 2.75) is 73.5 Å². The first kappa shape index (κ1) is 21.1. The summed E-state index contributed by atoms with van der Waals surface area (Å²) in [6.07, 6.45) is 11.2. The van der Waals surface area contributed by atoms with E-state index in [1.54, 1.807) is 17.2 Å². The molecule has 34 heavy (non-hydrogen) atoms. The van der Waals surface area contributed by atoms with Gasteiger partial charge in [-0.2, -0.15) is 0 Å². The van der Waals surface area contributed by atoms with E-state index in [4.69, 9.17) is 0 Å². The standard InChI is InChI=1S/C29H32FN3S/c1-17-25(28-27(31-17)26-20(30)12-8-16-24(26)34-28)29-32(2)22-13-5-6-14-23(22)33(29)21-15-7-10-18-9-3-4-11-19(18)21/h5-8,10,12-14,16-17,21,25,27-29,31H,3-4,9,11,15H2,1-2H3. The van der Waals surface area contributed by atoms with Crippen LogP contribution in [0.1, 0.15) is 50.6 Å². The maximum absolute atomic E-state index is 14.9. The first-order valence-electron chi connectivity index (χ1n) is 12.8. The van der Waals surface area contributed by atoms with Gasteiger partial charge >= 0.3 is 0 Å². The Kier molecular flexibility index (Phi) is 4.89. The van der Waals surface area contributed by atoms with Crippen LogP contribution in [0.4, 0.5) is 15.8 Å². The number of hydrogen-bond donors (Lipinski definition) is 1. The molecule has 2 aromatic rings. The van der Waals surface area contributed by atoms with Crippen LogP contribution >= 0.6 is 11.8 Å². The van der Waals surface area contributed by atoms with Gasteiger partial charge in [0.15, 0.2) is 0 Å². The third kappa shape index (κ3) is 2.92. The van der Waals surface area contributed by atoms with Crippen molar-refractivity contribution in [1.29, 1.82) is 0 Å². The fourth-order valence-corrected chi connectivity index (χ4v) is 9.11. The fourth-order valence-electron chi connectivity index (χ4n) is 7.42. The van der Waals surface area contributed by atoms with E-state index in [2.05, 4.69) is 71.6 Å². The highest BCUT2D eigenvalue weighted by Crippen LogP contribution is 2.56. The van der Waals surface area contributed by atoms with E-state index in [1.807, 2.05) is 17.8 Å². The summed E-state index contributed by atoms with van der Waals surface area (Å²) in [6.45, 7) is 2.31. The molecule has 7 rings (SSSR count). The van der Waals surface area contributed by atoms with Gasteiger partial charge < -0.3 is 15.1 Å². The molecule has 3 nitrogen and oxygen atoms in total. The molecule has 5 heteroatoms. The molecule has 2 aromatic carbocycles. The molecule has 5 aliphatic rings. The smallest absolute Gasteiger partial charge is 0.129 e. The lowest BCUT2D eigenvalue weighted by molar-refractivity contribution is 0.363. The zero-order valence-electron chi connectivity index (χ0n) is 19.9. The summed E-state index contributed by atoms with van der Waals surface area (Å²) >= 11 is 1.89. The third-order valence-electron chi connectivity index (χ3n) is 8.85. The van der Waals surface area contributed by atoms with E-state index in [9.17, 15) is 4.39 Å². The average molecular weight is 474 g/mol. The number of nitrogens with one attached hydrogen (secondary N) is 1. The minimum absolute atomic E-state index is 0.0628. The van der Waals surface area contributed by atoms with Crippen LogP contribution in [0.15, 0.2) is 70.7 Å². The maximum atomic E-state index is 14.9.